The number of ether oxygens (including phenoxy) is 2. The van der Waals surface area contributed by atoms with Gasteiger partial charge in [0.15, 0.2) is 0 Å². The number of methoxy groups -OCH3 is 2. The molecule has 1 N–H and O–H groups in total. The van der Waals surface area contributed by atoms with Gasteiger partial charge in [0.25, 0.3) is 0 Å². The number of amides is 1. The molecule has 4 rings (SSSR count). The molecule has 5 nitrogen and oxygen atoms in total. The fraction of sp³-hybridized carbons (Fsp3) is 0.148. The fourth-order valence-corrected chi connectivity index (χ4v) is 4.08. The Hall–Kier alpha value is -3.64. The van der Waals surface area contributed by atoms with Crippen molar-refractivity contribution in [2.75, 3.05) is 25.8 Å². The van der Waals surface area contributed by atoms with E-state index in [2.05, 4.69) is 5.32 Å². The number of fused-ring (bicyclic) bond motifs is 1. The first-order chi connectivity index (χ1) is 16.0. The van der Waals surface area contributed by atoms with Crippen LogP contribution in [-0.2, 0) is 4.79 Å². The van der Waals surface area contributed by atoms with E-state index in [1.54, 1.807) is 38.3 Å². The van der Waals surface area contributed by atoms with Gasteiger partial charge >= 0.3 is 0 Å². The smallest absolute Gasteiger partial charge is 0.248 e. The van der Waals surface area contributed by atoms with Crippen LogP contribution in [0.5, 0.6) is 11.5 Å². The van der Waals surface area contributed by atoms with Crippen molar-refractivity contribution >= 4 is 39.9 Å². The van der Waals surface area contributed by atoms with Gasteiger partial charge in [-0.3, -0.25) is 4.79 Å². The summed E-state index contributed by atoms with van der Waals surface area (Å²) in [7, 11) is 3.25. The first-order valence-electron chi connectivity index (χ1n) is 10.4. The molecule has 6 heteroatoms. The van der Waals surface area contributed by atoms with Gasteiger partial charge in [0.05, 0.1) is 20.5 Å². The number of nitrogens with one attached hydrogen (secondary N) is 1. The molecule has 0 fully saturated rings. The summed E-state index contributed by atoms with van der Waals surface area (Å²) in [5.41, 5.74) is 4.99. The standard InChI is InChI=1S/C27H25NO4S/c1-17(12-27(29)28-19-8-10-21(33-4)11-9-19)22-14-23-24(16-32-26(23)15-25(22)31-3)18-6-5-7-20(13-18)30-2/h5-16H,1-4H3,(H,28,29)/b17-12+. The topological polar surface area (TPSA) is 60.7 Å². The molecule has 0 aliphatic rings. The predicted octanol–water partition coefficient (Wildman–Crippen LogP) is 6.88. The molecule has 4 aromatic rings. The summed E-state index contributed by atoms with van der Waals surface area (Å²) in [5, 5.41) is 3.85. The molecule has 0 spiro atoms. The Balaban J connectivity index is 1.68. The molecule has 0 aliphatic heterocycles. The zero-order valence-corrected chi connectivity index (χ0v) is 19.8. The maximum atomic E-state index is 12.7. The molecular weight excluding hydrogens is 434 g/mol. The van der Waals surface area contributed by atoms with Crippen molar-refractivity contribution in [2.45, 2.75) is 11.8 Å². The number of hydrogen-bond acceptors (Lipinski definition) is 5. The highest BCUT2D eigenvalue weighted by Gasteiger charge is 2.15. The number of carbonyl (C=O) groups excluding carboxylic acids is 1. The Morgan fingerprint density at radius 3 is 2.52 bits per heavy atom. The third-order valence-electron chi connectivity index (χ3n) is 5.41. The first kappa shape index (κ1) is 22.6. The Bertz CT molecular complexity index is 1320. The second-order valence-electron chi connectivity index (χ2n) is 7.48. The van der Waals surface area contributed by atoms with Gasteiger partial charge in [-0.1, -0.05) is 12.1 Å². The predicted molar refractivity (Wildman–Crippen MR) is 135 cm³/mol. The van der Waals surface area contributed by atoms with Crippen molar-refractivity contribution in [1.82, 2.24) is 0 Å². The summed E-state index contributed by atoms with van der Waals surface area (Å²) in [5.74, 6) is 1.21. The Morgan fingerprint density at radius 1 is 1.03 bits per heavy atom. The molecule has 0 aliphatic carbocycles. The van der Waals surface area contributed by atoms with Crippen LogP contribution in [0.25, 0.3) is 27.7 Å². The van der Waals surface area contributed by atoms with Crippen molar-refractivity contribution in [3.63, 3.8) is 0 Å². The molecular formula is C27H25NO4S. The van der Waals surface area contributed by atoms with Gasteiger partial charge in [0, 0.05) is 39.2 Å². The number of allylic oxidation sites excluding steroid dienone is 1. The Kier molecular flexibility index (Phi) is 6.75. The summed E-state index contributed by atoms with van der Waals surface area (Å²) in [4.78, 5) is 13.8. The van der Waals surface area contributed by atoms with E-state index in [0.717, 1.165) is 44.0 Å². The average molecular weight is 460 g/mol. The van der Waals surface area contributed by atoms with Crippen molar-refractivity contribution in [2.24, 2.45) is 0 Å². The summed E-state index contributed by atoms with van der Waals surface area (Å²) in [6.45, 7) is 1.89. The fourth-order valence-electron chi connectivity index (χ4n) is 3.67. The molecule has 168 valence electrons. The maximum Gasteiger partial charge on any atom is 0.248 e. The lowest BCUT2D eigenvalue weighted by atomic mass is 9.99. The molecule has 33 heavy (non-hydrogen) atoms. The normalized spacial score (nSPS) is 11.5. The number of anilines is 1. The van der Waals surface area contributed by atoms with Gasteiger partial charge in [-0.2, -0.15) is 0 Å². The van der Waals surface area contributed by atoms with E-state index < -0.39 is 0 Å². The monoisotopic (exact) mass is 459 g/mol. The lowest BCUT2D eigenvalue weighted by molar-refractivity contribution is -0.111. The van der Waals surface area contributed by atoms with E-state index in [1.807, 2.05) is 73.8 Å². The van der Waals surface area contributed by atoms with E-state index in [9.17, 15) is 4.79 Å². The second kappa shape index (κ2) is 9.88. The van der Waals surface area contributed by atoms with Crippen LogP contribution < -0.4 is 14.8 Å². The van der Waals surface area contributed by atoms with E-state index >= 15 is 0 Å². The van der Waals surface area contributed by atoms with Crippen LogP contribution in [0.15, 0.2) is 82.3 Å². The molecule has 1 aromatic heterocycles. The molecule has 0 saturated carbocycles. The van der Waals surface area contributed by atoms with E-state index in [-0.39, 0.29) is 5.91 Å². The largest absolute Gasteiger partial charge is 0.497 e. The third-order valence-corrected chi connectivity index (χ3v) is 6.15. The molecule has 0 bridgehead atoms. The van der Waals surface area contributed by atoms with Crippen molar-refractivity contribution in [3.05, 3.63) is 78.6 Å². The number of carbonyl (C=O) groups is 1. The highest BCUT2D eigenvalue weighted by Crippen LogP contribution is 2.38. The summed E-state index contributed by atoms with van der Waals surface area (Å²) < 4.78 is 16.8. The minimum Gasteiger partial charge on any atom is -0.497 e. The van der Waals surface area contributed by atoms with Crippen LogP contribution in [0.2, 0.25) is 0 Å². The lowest BCUT2D eigenvalue weighted by Gasteiger charge is -2.10. The van der Waals surface area contributed by atoms with E-state index in [1.165, 1.54) is 0 Å². The molecule has 3 aromatic carbocycles. The van der Waals surface area contributed by atoms with Crippen LogP contribution in [0.3, 0.4) is 0 Å². The van der Waals surface area contributed by atoms with Gasteiger partial charge in [0.1, 0.15) is 17.1 Å². The second-order valence-corrected chi connectivity index (χ2v) is 8.35. The quantitative estimate of drug-likeness (QED) is 0.241. The van der Waals surface area contributed by atoms with Crippen LogP contribution >= 0.6 is 11.8 Å². The summed E-state index contributed by atoms with van der Waals surface area (Å²) >= 11 is 1.66. The van der Waals surface area contributed by atoms with Crippen LogP contribution in [0, 0.1) is 0 Å². The van der Waals surface area contributed by atoms with Gasteiger partial charge < -0.3 is 19.2 Å². The van der Waals surface area contributed by atoms with E-state index in [4.69, 9.17) is 13.9 Å². The zero-order chi connectivity index (χ0) is 23.4. The zero-order valence-electron chi connectivity index (χ0n) is 19.0. The number of hydrogen-bond donors (Lipinski definition) is 1. The first-order valence-corrected chi connectivity index (χ1v) is 11.6. The summed E-state index contributed by atoms with van der Waals surface area (Å²) in [6, 6.07) is 19.4. The maximum absolute atomic E-state index is 12.7. The summed E-state index contributed by atoms with van der Waals surface area (Å²) in [6.07, 6.45) is 5.33. The van der Waals surface area contributed by atoms with Gasteiger partial charge in [-0.05, 0) is 66.8 Å². The average Bonchev–Trinajstić information content (AvgIpc) is 3.26. The highest BCUT2D eigenvalue weighted by molar-refractivity contribution is 7.98. The van der Waals surface area contributed by atoms with Gasteiger partial charge in [-0.15, -0.1) is 11.8 Å². The molecule has 0 atom stereocenters. The number of rotatable bonds is 7. The van der Waals surface area contributed by atoms with Crippen LogP contribution in [0.4, 0.5) is 5.69 Å². The highest BCUT2D eigenvalue weighted by atomic mass is 32.2. The van der Waals surface area contributed by atoms with Gasteiger partial charge in [-0.25, -0.2) is 0 Å². The van der Waals surface area contributed by atoms with Gasteiger partial charge in [0.2, 0.25) is 5.91 Å². The molecule has 1 heterocycles. The Labute approximate surface area is 197 Å². The Morgan fingerprint density at radius 2 is 1.82 bits per heavy atom. The van der Waals surface area contributed by atoms with Crippen LogP contribution in [0.1, 0.15) is 12.5 Å². The lowest BCUT2D eigenvalue weighted by Crippen LogP contribution is -2.08. The van der Waals surface area contributed by atoms with Crippen molar-refractivity contribution < 1.29 is 18.7 Å². The van der Waals surface area contributed by atoms with Crippen molar-refractivity contribution in [3.8, 4) is 22.6 Å². The third kappa shape index (κ3) is 4.91. The minimum atomic E-state index is -0.202. The molecule has 1 amide bonds. The molecule has 0 saturated heterocycles. The number of furan rings is 1. The SMILES string of the molecule is COc1cccc(-c2coc3cc(OC)c(/C(C)=C/C(=O)Nc4ccc(SC)cc4)cc23)c1. The minimum absolute atomic E-state index is 0.202. The van der Waals surface area contributed by atoms with Crippen LogP contribution in [-0.4, -0.2) is 26.4 Å². The number of benzene rings is 3. The number of thioether (sulfide) groups is 1. The van der Waals surface area contributed by atoms with E-state index in [0.29, 0.717) is 11.3 Å². The van der Waals surface area contributed by atoms with Crippen molar-refractivity contribution in [1.29, 1.82) is 0 Å². The molecule has 0 unspecified atom stereocenters. The molecule has 0 radical (unpaired) electrons.